The maximum Gasteiger partial charge on any atom is 0.141 e. The highest BCUT2D eigenvalue weighted by molar-refractivity contribution is 4.89. The van der Waals surface area contributed by atoms with Gasteiger partial charge in [-0.3, -0.25) is 4.90 Å². The Hall–Kier alpha value is -0.940. The van der Waals surface area contributed by atoms with Crippen molar-refractivity contribution in [2.75, 3.05) is 13.1 Å². The molecule has 0 radical (unpaired) electrons. The van der Waals surface area contributed by atoms with Gasteiger partial charge in [-0.15, -0.1) is 0 Å². The number of aromatic nitrogens is 3. The first-order valence-electron chi connectivity index (χ1n) is 6.90. The van der Waals surface area contributed by atoms with Crippen molar-refractivity contribution in [3.8, 4) is 0 Å². The monoisotopic (exact) mass is 252 g/mol. The Labute approximate surface area is 109 Å². The van der Waals surface area contributed by atoms with Crippen LogP contribution in [0.5, 0.6) is 0 Å². The second-order valence-electron chi connectivity index (χ2n) is 5.47. The zero-order chi connectivity index (χ0) is 13.1. The maximum absolute atomic E-state index is 9.90. The van der Waals surface area contributed by atoms with Gasteiger partial charge in [-0.05, 0) is 32.6 Å². The van der Waals surface area contributed by atoms with Crippen molar-refractivity contribution >= 4 is 0 Å². The Kier molecular flexibility index (Phi) is 4.35. The second-order valence-corrected chi connectivity index (χ2v) is 5.47. The van der Waals surface area contributed by atoms with Crippen molar-refractivity contribution in [1.82, 2.24) is 19.7 Å². The van der Waals surface area contributed by atoms with Gasteiger partial charge in [-0.25, -0.2) is 9.67 Å². The molecule has 0 aliphatic carbocycles. The summed E-state index contributed by atoms with van der Waals surface area (Å²) in [6.07, 6.45) is 3.41. The van der Waals surface area contributed by atoms with Crippen LogP contribution in [0.25, 0.3) is 0 Å². The van der Waals surface area contributed by atoms with E-state index < -0.39 is 0 Å². The van der Waals surface area contributed by atoms with Gasteiger partial charge in [0.15, 0.2) is 0 Å². The molecule has 0 saturated carbocycles. The lowest BCUT2D eigenvalue weighted by Crippen LogP contribution is -2.42. The van der Waals surface area contributed by atoms with Crippen molar-refractivity contribution in [2.45, 2.75) is 52.3 Å². The predicted molar refractivity (Wildman–Crippen MR) is 70.1 cm³/mol. The number of rotatable bonds is 4. The molecule has 2 atom stereocenters. The lowest BCUT2D eigenvalue weighted by Gasteiger charge is -2.35. The summed E-state index contributed by atoms with van der Waals surface area (Å²) in [5.74, 6) is 1.42. The lowest BCUT2D eigenvalue weighted by molar-refractivity contribution is 0.0207. The van der Waals surface area contributed by atoms with Gasteiger partial charge < -0.3 is 5.11 Å². The van der Waals surface area contributed by atoms with Crippen molar-refractivity contribution in [3.05, 3.63) is 12.2 Å². The Morgan fingerprint density at radius 2 is 2.28 bits per heavy atom. The molecule has 0 amide bonds. The fourth-order valence-corrected chi connectivity index (χ4v) is 2.66. The molecule has 1 aromatic rings. The topological polar surface area (TPSA) is 54.2 Å². The first-order valence-corrected chi connectivity index (χ1v) is 6.90. The van der Waals surface area contributed by atoms with E-state index in [0.717, 1.165) is 38.3 Å². The van der Waals surface area contributed by atoms with E-state index in [4.69, 9.17) is 0 Å². The number of hydrogen-bond donors (Lipinski definition) is 1. The van der Waals surface area contributed by atoms with E-state index in [1.807, 2.05) is 4.68 Å². The summed E-state index contributed by atoms with van der Waals surface area (Å²) in [5, 5.41) is 14.2. The Bertz CT molecular complexity index is 377. The minimum Gasteiger partial charge on any atom is -0.393 e. The summed E-state index contributed by atoms with van der Waals surface area (Å²) in [6, 6.07) is 0.347. The summed E-state index contributed by atoms with van der Waals surface area (Å²) in [7, 11) is 0. The fourth-order valence-electron chi connectivity index (χ4n) is 2.66. The van der Waals surface area contributed by atoms with E-state index in [-0.39, 0.29) is 6.10 Å². The van der Waals surface area contributed by atoms with Crippen LogP contribution in [0, 0.1) is 5.92 Å². The highest BCUT2D eigenvalue weighted by Gasteiger charge is 2.27. The number of piperidine rings is 1. The second kappa shape index (κ2) is 5.80. The third-order valence-corrected chi connectivity index (χ3v) is 3.80. The van der Waals surface area contributed by atoms with Crippen molar-refractivity contribution in [1.29, 1.82) is 0 Å². The molecule has 5 heteroatoms. The number of nitrogens with zero attached hydrogens (tertiary/aromatic N) is 4. The Morgan fingerprint density at radius 3 is 2.94 bits per heavy atom. The van der Waals surface area contributed by atoms with Gasteiger partial charge in [0.25, 0.3) is 0 Å². The van der Waals surface area contributed by atoms with Crippen LogP contribution in [-0.2, 0) is 6.54 Å². The molecule has 1 N–H and O–H groups in total. The number of hydrogen-bond acceptors (Lipinski definition) is 4. The summed E-state index contributed by atoms with van der Waals surface area (Å²) in [4.78, 5) is 6.73. The maximum atomic E-state index is 9.90. The summed E-state index contributed by atoms with van der Waals surface area (Å²) >= 11 is 0. The van der Waals surface area contributed by atoms with E-state index >= 15 is 0 Å². The van der Waals surface area contributed by atoms with Gasteiger partial charge in [-0.2, -0.15) is 5.10 Å². The van der Waals surface area contributed by atoms with Gasteiger partial charge in [0.2, 0.25) is 0 Å². The molecule has 18 heavy (non-hydrogen) atoms. The molecule has 1 saturated heterocycles. The molecule has 1 aliphatic rings. The highest BCUT2D eigenvalue weighted by atomic mass is 16.3. The van der Waals surface area contributed by atoms with Crippen LogP contribution in [0.2, 0.25) is 0 Å². The van der Waals surface area contributed by atoms with Crippen LogP contribution in [-0.4, -0.2) is 44.0 Å². The van der Waals surface area contributed by atoms with Gasteiger partial charge in [-0.1, -0.05) is 6.92 Å². The van der Waals surface area contributed by atoms with E-state index in [1.165, 1.54) is 0 Å². The Balaban J connectivity index is 1.99. The molecule has 0 bridgehead atoms. The molecule has 5 nitrogen and oxygen atoms in total. The highest BCUT2D eigenvalue weighted by Crippen LogP contribution is 2.21. The van der Waals surface area contributed by atoms with E-state index in [9.17, 15) is 5.11 Å². The van der Waals surface area contributed by atoms with Crippen LogP contribution in [0.4, 0.5) is 0 Å². The molecule has 1 aromatic heterocycles. The van der Waals surface area contributed by atoms with E-state index in [1.54, 1.807) is 6.33 Å². The molecule has 1 aliphatic heterocycles. The van der Waals surface area contributed by atoms with Gasteiger partial charge >= 0.3 is 0 Å². The predicted octanol–water partition coefficient (Wildman–Crippen LogP) is 1.45. The molecule has 2 rings (SSSR count). The first-order chi connectivity index (χ1) is 8.61. The molecule has 1 fully saturated rings. The zero-order valence-electron chi connectivity index (χ0n) is 11.6. The normalized spacial score (nSPS) is 25.8. The molecule has 0 spiro atoms. The van der Waals surface area contributed by atoms with Gasteiger partial charge in [0.1, 0.15) is 12.2 Å². The molecule has 102 valence electrons. The molecule has 0 aromatic carbocycles. The van der Waals surface area contributed by atoms with Crippen molar-refractivity contribution in [3.63, 3.8) is 0 Å². The van der Waals surface area contributed by atoms with Gasteiger partial charge in [0.05, 0.1) is 12.6 Å². The average molecular weight is 252 g/mol. The van der Waals surface area contributed by atoms with E-state index in [0.29, 0.717) is 12.0 Å². The molecular formula is C13H24N4O. The third kappa shape index (κ3) is 2.90. The largest absolute Gasteiger partial charge is 0.393 e. The molecule has 2 unspecified atom stereocenters. The first kappa shape index (κ1) is 13.5. The molecular weight excluding hydrogens is 228 g/mol. The van der Waals surface area contributed by atoms with Crippen LogP contribution >= 0.6 is 0 Å². The molecule has 2 heterocycles. The smallest absolute Gasteiger partial charge is 0.141 e. The fraction of sp³-hybridized carbons (Fsp3) is 0.846. The van der Waals surface area contributed by atoms with Crippen molar-refractivity contribution in [2.24, 2.45) is 5.92 Å². The number of likely N-dealkylation sites (tertiary alicyclic amines) is 1. The van der Waals surface area contributed by atoms with Crippen LogP contribution in [0.3, 0.4) is 0 Å². The standard InChI is InChI=1S/C13H24N4O/c1-4-11-7-16(6-5-12(11)18)8-13-14-9-15-17(13)10(2)3/h9-12,18H,4-8H2,1-3H3. The van der Waals surface area contributed by atoms with Crippen LogP contribution in [0.1, 0.15) is 45.5 Å². The lowest BCUT2D eigenvalue weighted by atomic mass is 9.92. The summed E-state index contributed by atoms with van der Waals surface area (Å²) in [6.45, 7) is 9.13. The minimum absolute atomic E-state index is 0.130. The van der Waals surface area contributed by atoms with E-state index in [2.05, 4.69) is 35.8 Å². The van der Waals surface area contributed by atoms with Crippen LogP contribution in [0.15, 0.2) is 6.33 Å². The van der Waals surface area contributed by atoms with Crippen LogP contribution < -0.4 is 0 Å². The quantitative estimate of drug-likeness (QED) is 0.881. The average Bonchev–Trinajstić information content (AvgIpc) is 2.80. The number of aliphatic hydroxyl groups is 1. The zero-order valence-corrected chi connectivity index (χ0v) is 11.6. The Morgan fingerprint density at radius 1 is 1.50 bits per heavy atom. The third-order valence-electron chi connectivity index (χ3n) is 3.80. The SMILES string of the molecule is CCC1CN(Cc2ncnn2C(C)C)CCC1O. The number of aliphatic hydroxyl groups excluding tert-OH is 1. The minimum atomic E-state index is -0.130. The summed E-state index contributed by atoms with van der Waals surface area (Å²) < 4.78 is 1.98. The summed E-state index contributed by atoms with van der Waals surface area (Å²) in [5.41, 5.74) is 0. The van der Waals surface area contributed by atoms with Gasteiger partial charge in [0, 0.05) is 19.1 Å². The van der Waals surface area contributed by atoms with Crippen molar-refractivity contribution < 1.29 is 5.11 Å².